The summed E-state index contributed by atoms with van der Waals surface area (Å²) < 4.78 is 49.2. The lowest BCUT2D eigenvalue weighted by atomic mass is 10.3. The SMILES string of the molecule is CCNc1ccc(S(=O)(=O)N(C)C2CCS(=O)(=O)C2)cc1. The molecule has 1 aromatic rings. The number of anilines is 1. The average molecular weight is 332 g/mol. The fourth-order valence-corrected chi connectivity index (χ4v) is 5.63. The van der Waals surface area contributed by atoms with Crippen molar-refractivity contribution in [3.05, 3.63) is 24.3 Å². The molecule has 1 saturated heterocycles. The van der Waals surface area contributed by atoms with Crippen molar-refractivity contribution in [3.63, 3.8) is 0 Å². The molecular formula is C13H20N2O4S2. The summed E-state index contributed by atoms with van der Waals surface area (Å²) in [5, 5.41) is 3.09. The number of hydrogen-bond acceptors (Lipinski definition) is 5. The minimum absolute atomic E-state index is 0.0525. The number of sulfonamides is 1. The molecule has 0 aromatic heterocycles. The number of hydrogen-bond donors (Lipinski definition) is 1. The maximum Gasteiger partial charge on any atom is 0.243 e. The summed E-state index contributed by atoms with van der Waals surface area (Å²) in [6, 6.07) is 6.00. The van der Waals surface area contributed by atoms with Gasteiger partial charge in [-0.15, -0.1) is 0 Å². The summed E-state index contributed by atoms with van der Waals surface area (Å²) in [5.41, 5.74) is 0.850. The molecule has 1 aliphatic rings. The molecule has 0 radical (unpaired) electrons. The Balaban J connectivity index is 2.21. The smallest absolute Gasteiger partial charge is 0.243 e. The van der Waals surface area contributed by atoms with Gasteiger partial charge in [-0.05, 0) is 37.6 Å². The van der Waals surface area contributed by atoms with Crippen LogP contribution in [-0.4, -0.2) is 52.3 Å². The zero-order valence-electron chi connectivity index (χ0n) is 12.1. The van der Waals surface area contributed by atoms with Gasteiger partial charge in [0.15, 0.2) is 9.84 Å². The third-order valence-corrected chi connectivity index (χ3v) is 7.31. The number of benzene rings is 1. The van der Waals surface area contributed by atoms with E-state index in [0.29, 0.717) is 6.42 Å². The minimum atomic E-state index is -3.66. The Morgan fingerprint density at radius 2 is 1.90 bits per heavy atom. The standard InChI is InChI=1S/C13H20N2O4S2/c1-3-14-11-4-6-13(7-5-11)21(18,19)15(2)12-8-9-20(16,17)10-12/h4-7,12,14H,3,8-10H2,1-2H3. The maximum atomic E-state index is 12.5. The predicted octanol–water partition coefficient (Wildman–Crippen LogP) is 0.926. The molecule has 118 valence electrons. The van der Waals surface area contributed by atoms with Gasteiger partial charge >= 0.3 is 0 Å². The molecule has 1 N–H and O–H groups in total. The van der Waals surface area contributed by atoms with Crippen LogP contribution in [0.2, 0.25) is 0 Å². The van der Waals surface area contributed by atoms with Crippen LogP contribution in [0.3, 0.4) is 0 Å². The van der Waals surface area contributed by atoms with Crippen LogP contribution in [0.4, 0.5) is 5.69 Å². The lowest BCUT2D eigenvalue weighted by Gasteiger charge is -2.22. The van der Waals surface area contributed by atoms with Gasteiger partial charge < -0.3 is 5.32 Å². The van der Waals surface area contributed by atoms with E-state index in [1.54, 1.807) is 12.1 Å². The highest BCUT2D eigenvalue weighted by molar-refractivity contribution is 7.92. The second-order valence-electron chi connectivity index (χ2n) is 5.13. The second kappa shape index (κ2) is 5.94. The molecule has 1 heterocycles. The third kappa shape index (κ3) is 3.56. The van der Waals surface area contributed by atoms with Crippen LogP contribution in [-0.2, 0) is 19.9 Å². The van der Waals surface area contributed by atoms with Gasteiger partial charge in [-0.2, -0.15) is 4.31 Å². The first-order valence-corrected chi connectivity index (χ1v) is 10.0. The summed E-state index contributed by atoms with van der Waals surface area (Å²) >= 11 is 0. The van der Waals surface area contributed by atoms with Crippen LogP contribution < -0.4 is 5.32 Å². The van der Waals surface area contributed by atoms with Gasteiger partial charge in [0.05, 0.1) is 16.4 Å². The molecule has 2 rings (SSSR count). The molecule has 0 spiro atoms. The average Bonchev–Trinajstić information content (AvgIpc) is 2.79. The van der Waals surface area contributed by atoms with Crippen LogP contribution in [0.5, 0.6) is 0 Å². The topological polar surface area (TPSA) is 83.6 Å². The molecular weight excluding hydrogens is 312 g/mol. The highest BCUT2D eigenvalue weighted by atomic mass is 32.2. The number of nitrogens with zero attached hydrogens (tertiary/aromatic N) is 1. The number of nitrogens with one attached hydrogen (secondary N) is 1. The molecule has 0 aliphatic carbocycles. The quantitative estimate of drug-likeness (QED) is 0.867. The molecule has 1 atom stereocenters. The number of sulfone groups is 1. The fraction of sp³-hybridized carbons (Fsp3) is 0.538. The molecule has 1 fully saturated rings. The van der Waals surface area contributed by atoms with Crippen molar-refractivity contribution in [3.8, 4) is 0 Å². The minimum Gasteiger partial charge on any atom is -0.385 e. The summed E-state index contributed by atoms with van der Waals surface area (Å²) in [5.74, 6) is -0.0465. The van der Waals surface area contributed by atoms with Crippen LogP contribution in [0, 0.1) is 0 Å². The van der Waals surface area contributed by atoms with Crippen LogP contribution in [0.15, 0.2) is 29.2 Å². The zero-order valence-corrected chi connectivity index (χ0v) is 13.7. The van der Waals surface area contributed by atoms with E-state index in [9.17, 15) is 16.8 Å². The first kappa shape index (κ1) is 16.3. The molecule has 21 heavy (non-hydrogen) atoms. The molecule has 8 heteroatoms. The van der Waals surface area contributed by atoms with Crippen molar-refractivity contribution in [2.45, 2.75) is 24.3 Å². The van der Waals surface area contributed by atoms with Crippen molar-refractivity contribution in [1.29, 1.82) is 0 Å². The fourth-order valence-electron chi connectivity index (χ4n) is 2.37. The predicted molar refractivity (Wildman–Crippen MR) is 82.6 cm³/mol. The van der Waals surface area contributed by atoms with Gasteiger partial charge in [-0.1, -0.05) is 0 Å². The van der Waals surface area contributed by atoms with Crippen molar-refractivity contribution in [1.82, 2.24) is 4.31 Å². The Morgan fingerprint density at radius 3 is 2.38 bits per heavy atom. The monoisotopic (exact) mass is 332 g/mol. The van der Waals surface area contributed by atoms with E-state index >= 15 is 0 Å². The molecule has 0 saturated carbocycles. The molecule has 1 aliphatic heterocycles. The van der Waals surface area contributed by atoms with E-state index in [4.69, 9.17) is 0 Å². The first-order chi connectivity index (χ1) is 9.76. The van der Waals surface area contributed by atoms with Gasteiger partial charge in [0.2, 0.25) is 10.0 Å². The van der Waals surface area contributed by atoms with Crippen LogP contribution in [0.25, 0.3) is 0 Å². The lowest BCUT2D eigenvalue weighted by molar-refractivity contribution is 0.394. The van der Waals surface area contributed by atoms with E-state index in [1.807, 2.05) is 6.92 Å². The molecule has 0 amide bonds. The first-order valence-electron chi connectivity index (χ1n) is 6.78. The van der Waals surface area contributed by atoms with Gasteiger partial charge in [0, 0.05) is 25.3 Å². The Morgan fingerprint density at radius 1 is 1.29 bits per heavy atom. The van der Waals surface area contributed by atoms with Gasteiger partial charge in [0.1, 0.15) is 0 Å². The molecule has 0 bridgehead atoms. The van der Waals surface area contributed by atoms with Gasteiger partial charge in [-0.25, -0.2) is 16.8 Å². The Kier molecular flexibility index (Phi) is 4.60. The van der Waals surface area contributed by atoms with E-state index in [2.05, 4.69) is 5.32 Å². The third-order valence-electron chi connectivity index (χ3n) is 3.63. The highest BCUT2D eigenvalue weighted by Gasteiger charge is 2.36. The zero-order chi connectivity index (χ0) is 15.7. The lowest BCUT2D eigenvalue weighted by Crippen LogP contribution is -2.37. The molecule has 6 nitrogen and oxygen atoms in total. The summed E-state index contributed by atoms with van der Waals surface area (Å²) in [6.45, 7) is 2.71. The summed E-state index contributed by atoms with van der Waals surface area (Å²) in [6.07, 6.45) is 0.355. The van der Waals surface area contributed by atoms with E-state index in [-0.39, 0.29) is 16.4 Å². The van der Waals surface area contributed by atoms with Crippen molar-refractivity contribution >= 4 is 25.5 Å². The van der Waals surface area contributed by atoms with Crippen LogP contribution in [0.1, 0.15) is 13.3 Å². The Hall–Kier alpha value is -1.12. The van der Waals surface area contributed by atoms with Gasteiger partial charge in [0.25, 0.3) is 0 Å². The Labute approximate surface area is 126 Å². The summed E-state index contributed by atoms with van der Waals surface area (Å²) in [7, 11) is -5.33. The maximum absolute atomic E-state index is 12.5. The van der Waals surface area contributed by atoms with E-state index < -0.39 is 25.9 Å². The normalized spacial score (nSPS) is 21.6. The Bertz CT molecular complexity index is 696. The summed E-state index contributed by atoms with van der Waals surface area (Å²) in [4.78, 5) is 0.177. The van der Waals surface area contributed by atoms with E-state index in [1.165, 1.54) is 23.5 Å². The highest BCUT2D eigenvalue weighted by Crippen LogP contribution is 2.24. The second-order valence-corrected chi connectivity index (χ2v) is 9.36. The van der Waals surface area contributed by atoms with Crippen molar-refractivity contribution < 1.29 is 16.8 Å². The number of rotatable bonds is 5. The van der Waals surface area contributed by atoms with Crippen molar-refractivity contribution in [2.24, 2.45) is 0 Å². The molecule has 1 aromatic carbocycles. The van der Waals surface area contributed by atoms with Crippen molar-refractivity contribution in [2.75, 3.05) is 30.4 Å². The van der Waals surface area contributed by atoms with Crippen LogP contribution >= 0.6 is 0 Å². The van der Waals surface area contributed by atoms with Gasteiger partial charge in [-0.3, -0.25) is 0 Å². The largest absolute Gasteiger partial charge is 0.385 e. The molecule has 1 unspecified atom stereocenters. The van der Waals surface area contributed by atoms with E-state index in [0.717, 1.165) is 12.2 Å².